The lowest BCUT2D eigenvalue weighted by Gasteiger charge is -2.50. The highest BCUT2D eigenvalue weighted by molar-refractivity contribution is 9.10. The molecule has 2 heterocycles. The van der Waals surface area contributed by atoms with Crippen LogP contribution in [-0.2, 0) is 0 Å². The predicted molar refractivity (Wildman–Crippen MR) is 93.7 cm³/mol. The van der Waals surface area contributed by atoms with E-state index in [4.69, 9.17) is 4.74 Å². The van der Waals surface area contributed by atoms with Gasteiger partial charge in [0, 0.05) is 29.9 Å². The Hall–Kier alpha value is -1.56. The Morgan fingerprint density at radius 2 is 2.12 bits per heavy atom. The lowest BCUT2D eigenvalue weighted by atomic mass is 9.72. The van der Waals surface area contributed by atoms with Crippen LogP contribution in [0.1, 0.15) is 50.4 Å². The van der Waals surface area contributed by atoms with Crippen LogP contribution in [0.15, 0.2) is 22.7 Å². The quantitative estimate of drug-likeness (QED) is 0.709. The topological polar surface area (TPSA) is 66.8 Å². The van der Waals surface area contributed by atoms with Crippen molar-refractivity contribution in [1.82, 2.24) is 4.90 Å². The van der Waals surface area contributed by atoms with Gasteiger partial charge in [0.25, 0.3) is 0 Å². The highest BCUT2D eigenvalue weighted by atomic mass is 79.9. The molecule has 1 saturated heterocycles. The Balaban J connectivity index is 1.94. The van der Waals surface area contributed by atoms with Crippen LogP contribution in [0.5, 0.6) is 5.75 Å². The van der Waals surface area contributed by atoms with Crippen molar-refractivity contribution in [2.45, 2.75) is 51.7 Å². The number of Topliss-reactive ketones (excluding diaryl/α,β-unsaturated/α-hetero) is 1. The fourth-order valence-electron chi connectivity index (χ4n) is 3.77. The first-order chi connectivity index (χ1) is 11.1. The smallest absolute Gasteiger partial charge is 0.407 e. The van der Waals surface area contributed by atoms with E-state index in [1.807, 2.05) is 32.9 Å². The van der Waals surface area contributed by atoms with Crippen molar-refractivity contribution in [3.05, 3.63) is 28.2 Å². The molecule has 130 valence electrons. The van der Waals surface area contributed by atoms with Crippen molar-refractivity contribution < 1.29 is 19.4 Å². The highest BCUT2D eigenvalue weighted by Crippen LogP contribution is 2.45. The average molecular weight is 396 g/mol. The molecule has 1 aromatic rings. The third-order valence-electron chi connectivity index (χ3n) is 5.05. The summed E-state index contributed by atoms with van der Waals surface area (Å²) in [7, 11) is 0. The summed E-state index contributed by atoms with van der Waals surface area (Å²) >= 11 is 3.39. The molecule has 1 amide bonds. The fraction of sp³-hybridized carbons (Fsp3) is 0.556. The summed E-state index contributed by atoms with van der Waals surface area (Å²) in [6, 6.07) is 5.28. The SMILES string of the molecule is CC(C)(C)C1CC2(CCN1C(=O)O)CC(=O)c1cc(Br)ccc1O2. The normalized spacial score (nSPS) is 26.9. The van der Waals surface area contributed by atoms with E-state index in [-0.39, 0.29) is 17.2 Å². The summed E-state index contributed by atoms with van der Waals surface area (Å²) in [6.45, 7) is 6.48. The van der Waals surface area contributed by atoms with Gasteiger partial charge in [0.15, 0.2) is 5.78 Å². The molecular formula is C18H22BrNO4. The first-order valence-corrected chi connectivity index (χ1v) is 8.92. The molecule has 1 spiro atoms. The molecule has 2 atom stereocenters. The van der Waals surface area contributed by atoms with Gasteiger partial charge in [-0.25, -0.2) is 4.79 Å². The minimum absolute atomic E-state index is 0.0639. The maximum atomic E-state index is 12.7. The van der Waals surface area contributed by atoms with Crippen molar-refractivity contribution >= 4 is 27.8 Å². The maximum absolute atomic E-state index is 12.7. The van der Waals surface area contributed by atoms with E-state index < -0.39 is 11.7 Å². The number of benzene rings is 1. The van der Waals surface area contributed by atoms with Gasteiger partial charge in [-0.1, -0.05) is 36.7 Å². The van der Waals surface area contributed by atoms with E-state index in [1.165, 1.54) is 4.90 Å². The molecule has 0 radical (unpaired) electrons. The standard InChI is InChI=1S/C18H22BrNO4/c1-17(2,3)15-10-18(6-7-20(15)16(22)23)9-13(21)12-8-11(19)4-5-14(12)24-18/h4-5,8,15H,6-7,9-10H2,1-3H3,(H,22,23). The number of fused-ring (bicyclic) bond motifs is 1. The summed E-state index contributed by atoms with van der Waals surface area (Å²) in [6.07, 6.45) is 0.462. The number of carbonyl (C=O) groups excluding carboxylic acids is 1. The molecule has 0 aromatic heterocycles. The molecule has 0 saturated carbocycles. The number of piperidine rings is 1. The number of amides is 1. The van der Waals surface area contributed by atoms with Crippen LogP contribution in [0.25, 0.3) is 0 Å². The lowest BCUT2D eigenvalue weighted by Crippen LogP contribution is -2.59. The minimum atomic E-state index is -0.906. The average Bonchev–Trinajstić information content (AvgIpc) is 2.47. The van der Waals surface area contributed by atoms with Gasteiger partial charge in [-0.15, -0.1) is 0 Å². The van der Waals surface area contributed by atoms with E-state index in [0.29, 0.717) is 37.1 Å². The van der Waals surface area contributed by atoms with Gasteiger partial charge in [0.2, 0.25) is 0 Å². The Morgan fingerprint density at radius 3 is 2.75 bits per heavy atom. The van der Waals surface area contributed by atoms with Gasteiger partial charge in [-0.3, -0.25) is 4.79 Å². The number of nitrogens with zero attached hydrogens (tertiary/aromatic N) is 1. The van der Waals surface area contributed by atoms with E-state index in [1.54, 1.807) is 6.07 Å². The first-order valence-electron chi connectivity index (χ1n) is 8.13. The van der Waals surface area contributed by atoms with Crippen molar-refractivity contribution in [3.8, 4) is 5.75 Å². The number of halogens is 1. The number of carboxylic acid groups (broad SMARTS) is 1. The fourth-order valence-corrected chi connectivity index (χ4v) is 4.13. The molecule has 2 aliphatic heterocycles. The third kappa shape index (κ3) is 3.04. The predicted octanol–water partition coefficient (Wildman–Crippen LogP) is 4.34. The molecule has 3 rings (SSSR count). The zero-order valence-electron chi connectivity index (χ0n) is 14.1. The lowest BCUT2D eigenvalue weighted by molar-refractivity contribution is -0.0521. The Kier molecular flexibility index (Phi) is 4.14. The molecule has 0 aliphatic carbocycles. The summed E-state index contributed by atoms with van der Waals surface area (Å²) < 4.78 is 7.13. The molecule has 1 aromatic carbocycles. The summed E-state index contributed by atoms with van der Waals surface area (Å²) in [5.41, 5.74) is -0.233. The van der Waals surface area contributed by atoms with Gasteiger partial charge in [0.05, 0.1) is 12.0 Å². The van der Waals surface area contributed by atoms with E-state index in [2.05, 4.69) is 15.9 Å². The Bertz CT molecular complexity index is 697. The molecule has 2 unspecified atom stereocenters. The van der Waals surface area contributed by atoms with Crippen LogP contribution < -0.4 is 4.74 Å². The Labute approximate surface area is 150 Å². The van der Waals surface area contributed by atoms with Gasteiger partial charge >= 0.3 is 6.09 Å². The van der Waals surface area contributed by atoms with Gasteiger partial charge < -0.3 is 14.7 Å². The van der Waals surface area contributed by atoms with Crippen LogP contribution in [0.3, 0.4) is 0 Å². The molecule has 5 nitrogen and oxygen atoms in total. The van der Waals surface area contributed by atoms with Gasteiger partial charge in [0.1, 0.15) is 11.4 Å². The molecule has 1 fully saturated rings. The zero-order chi connectivity index (χ0) is 17.7. The van der Waals surface area contributed by atoms with E-state index >= 15 is 0 Å². The van der Waals surface area contributed by atoms with Crippen molar-refractivity contribution in [2.75, 3.05) is 6.54 Å². The van der Waals surface area contributed by atoms with Gasteiger partial charge in [-0.2, -0.15) is 0 Å². The van der Waals surface area contributed by atoms with Crippen LogP contribution in [0.2, 0.25) is 0 Å². The van der Waals surface area contributed by atoms with Crippen molar-refractivity contribution in [1.29, 1.82) is 0 Å². The van der Waals surface area contributed by atoms with Crippen LogP contribution in [-0.4, -0.2) is 40.1 Å². The molecule has 0 bridgehead atoms. The monoisotopic (exact) mass is 395 g/mol. The number of likely N-dealkylation sites (tertiary alicyclic amines) is 1. The van der Waals surface area contributed by atoms with Crippen molar-refractivity contribution in [3.63, 3.8) is 0 Å². The number of ketones is 1. The van der Waals surface area contributed by atoms with Crippen molar-refractivity contribution in [2.24, 2.45) is 5.41 Å². The van der Waals surface area contributed by atoms with Crippen LogP contribution in [0, 0.1) is 5.41 Å². The number of hydrogen-bond donors (Lipinski definition) is 1. The van der Waals surface area contributed by atoms with Gasteiger partial charge in [-0.05, 0) is 23.6 Å². The summed E-state index contributed by atoms with van der Waals surface area (Å²) in [5, 5.41) is 9.51. The Morgan fingerprint density at radius 1 is 1.42 bits per heavy atom. The molecule has 24 heavy (non-hydrogen) atoms. The van der Waals surface area contributed by atoms with E-state index in [0.717, 1.165) is 4.47 Å². The second kappa shape index (κ2) is 5.76. The van der Waals surface area contributed by atoms with E-state index in [9.17, 15) is 14.7 Å². The van der Waals surface area contributed by atoms with Crippen LogP contribution >= 0.6 is 15.9 Å². The minimum Gasteiger partial charge on any atom is -0.486 e. The first kappa shape index (κ1) is 17.3. The molecule has 1 N–H and O–H groups in total. The summed E-state index contributed by atoms with van der Waals surface area (Å²) in [5.74, 6) is 0.667. The molecule has 6 heteroatoms. The van der Waals surface area contributed by atoms with Crippen LogP contribution in [0.4, 0.5) is 4.79 Å². The second-order valence-electron chi connectivity index (χ2n) is 7.84. The largest absolute Gasteiger partial charge is 0.486 e. The highest BCUT2D eigenvalue weighted by Gasteiger charge is 2.50. The maximum Gasteiger partial charge on any atom is 0.407 e. The second-order valence-corrected chi connectivity index (χ2v) is 8.75. The molecular weight excluding hydrogens is 374 g/mol. The zero-order valence-corrected chi connectivity index (χ0v) is 15.7. The number of hydrogen-bond acceptors (Lipinski definition) is 3. The summed E-state index contributed by atoms with van der Waals surface area (Å²) in [4.78, 5) is 25.7. The number of rotatable bonds is 0. The number of ether oxygens (including phenoxy) is 1. The molecule has 2 aliphatic rings. The third-order valence-corrected chi connectivity index (χ3v) is 5.54. The number of carbonyl (C=O) groups is 2.